The van der Waals surface area contributed by atoms with Gasteiger partial charge in [0, 0.05) is 5.57 Å². The van der Waals surface area contributed by atoms with Gasteiger partial charge in [0.05, 0.1) is 54.4 Å². The van der Waals surface area contributed by atoms with Crippen LogP contribution in [0.4, 0.5) is 0 Å². The topological polar surface area (TPSA) is 73.8 Å². The summed E-state index contributed by atoms with van der Waals surface area (Å²) in [5.41, 5.74) is 5.22. The maximum atomic E-state index is 6.73. The Morgan fingerprint density at radius 1 is 0.592 bits per heavy atom. The molecule has 8 nitrogen and oxygen atoms in total. The van der Waals surface area contributed by atoms with Crippen molar-refractivity contribution in [1.29, 1.82) is 0 Å². The van der Waals surface area contributed by atoms with Gasteiger partial charge in [0.15, 0.2) is 6.29 Å². The second-order valence-electron chi connectivity index (χ2n) is 11.8. The van der Waals surface area contributed by atoms with Gasteiger partial charge in [-0.25, -0.2) is 0 Å². The lowest BCUT2D eigenvalue weighted by molar-refractivity contribution is -0.249. The highest BCUT2D eigenvalue weighted by Crippen LogP contribution is 2.33. The summed E-state index contributed by atoms with van der Waals surface area (Å²) < 4.78 is 48.9. The third-order valence-electron chi connectivity index (χ3n) is 8.52. The van der Waals surface area contributed by atoms with E-state index in [1.54, 1.807) is 21.3 Å². The fourth-order valence-electron chi connectivity index (χ4n) is 5.74. The van der Waals surface area contributed by atoms with E-state index in [9.17, 15) is 0 Å². The fourth-order valence-corrected chi connectivity index (χ4v) is 5.74. The highest BCUT2D eigenvalue weighted by molar-refractivity contribution is 5.29. The third kappa shape index (κ3) is 10.7. The number of benzene rings is 4. The van der Waals surface area contributed by atoms with E-state index in [0.717, 1.165) is 52.4 Å². The summed E-state index contributed by atoms with van der Waals surface area (Å²) in [4.78, 5) is 0. The minimum absolute atomic E-state index is 0.280. The van der Waals surface area contributed by atoms with Crippen LogP contribution in [0.15, 0.2) is 115 Å². The van der Waals surface area contributed by atoms with E-state index in [4.69, 9.17) is 37.9 Å². The lowest BCUT2D eigenvalue weighted by Crippen LogP contribution is -2.54. The Hall–Kier alpha value is -4.18. The number of rotatable bonds is 18. The van der Waals surface area contributed by atoms with Crippen LogP contribution in [0.1, 0.15) is 35.6 Å². The number of ether oxygens (including phenoxy) is 8. The molecule has 1 fully saturated rings. The number of methoxy groups -OCH3 is 3. The quantitative estimate of drug-likeness (QED) is 0.0789. The van der Waals surface area contributed by atoms with E-state index >= 15 is 0 Å². The average Bonchev–Trinajstić information content (AvgIpc) is 3.16. The summed E-state index contributed by atoms with van der Waals surface area (Å²) in [7, 11) is 4.97. The van der Waals surface area contributed by atoms with Crippen LogP contribution in [0.25, 0.3) is 0 Å². The Balaban J connectivity index is 1.35. The Morgan fingerprint density at radius 2 is 1.12 bits per heavy atom. The molecule has 4 aromatic carbocycles. The molecule has 5 rings (SSSR count). The zero-order valence-corrected chi connectivity index (χ0v) is 28.9. The molecule has 1 saturated heterocycles. The lowest BCUT2D eigenvalue weighted by atomic mass is 9.95. The fraction of sp³-hybridized carbons (Fsp3) is 0.366. The number of aryl methyl sites for hydroxylation is 1. The van der Waals surface area contributed by atoms with Crippen LogP contribution in [0.3, 0.4) is 0 Å². The molecule has 0 spiro atoms. The molecule has 1 heterocycles. The van der Waals surface area contributed by atoms with Crippen molar-refractivity contribution < 1.29 is 37.9 Å². The van der Waals surface area contributed by atoms with Crippen molar-refractivity contribution in [1.82, 2.24) is 0 Å². The highest BCUT2D eigenvalue weighted by atomic mass is 16.7. The van der Waals surface area contributed by atoms with E-state index < -0.39 is 24.6 Å². The number of hydrogen-bond donors (Lipinski definition) is 0. The molecule has 0 aromatic heterocycles. The molecule has 260 valence electrons. The second-order valence-corrected chi connectivity index (χ2v) is 11.8. The zero-order valence-electron chi connectivity index (χ0n) is 28.9. The predicted molar refractivity (Wildman–Crippen MR) is 189 cm³/mol. The lowest BCUT2D eigenvalue weighted by Gasteiger charge is -2.43. The maximum Gasteiger partial charge on any atom is 0.182 e. The summed E-state index contributed by atoms with van der Waals surface area (Å²) >= 11 is 0. The average molecular weight is 669 g/mol. The van der Waals surface area contributed by atoms with Crippen molar-refractivity contribution in [3.63, 3.8) is 0 Å². The van der Waals surface area contributed by atoms with Crippen molar-refractivity contribution >= 4 is 0 Å². The Morgan fingerprint density at radius 3 is 1.65 bits per heavy atom. The van der Waals surface area contributed by atoms with Crippen LogP contribution in [0.5, 0.6) is 17.2 Å². The minimum Gasteiger partial charge on any atom is -0.497 e. The Bertz CT molecular complexity index is 1540. The van der Waals surface area contributed by atoms with Crippen LogP contribution in [0, 0.1) is 0 Å². The van der Waals surface area contributed by atoms with Gasteiger partial charge in [-0.3, -0.25) is 0 Å². The van der Waals surface area contributed by atoms with E-state index in [1.807, 2.05) is 91.9 Å². The van der Waals surface area contributed by atoms with Crippen molar-refractivity contribution in [3.05, 3.63) is 137 Å². The summed E-state index contributed by atoms with van der Waals surface area (Å²) in [5, 5.41) is 0. The molecule has 0 saturated carbocycles. The normalized spacial score (nSPS) is 19.9. The molecule has 0 aliphatic carbocycles. The molecule has 0 amide bonds. The molecule has 1 aliphatic heterocycles. The number of hydrogen-bond acceptors (Lipinski definition) is 8. The molecule has 49 heavy (non-hydrogen) atoms. The molecule has 8 heteroatoms. The molecule has 0 N–H and O–H groups in total. The third-order valence-corrected chi connectivity index (χ3v) is 8.52. The summed E-state index contributed by atoms with van der Waals surface area (Å²) in [6.45, 7) is 3.93. The molecular weight excluding hydrogens is 620 g/mol. The molecule has 3 unspecified atom stereocenters. The maximum absolute atomic E-state index is 6.73. The monoisotopic (exact) mass is 668 g/mol. The zero-order chi connectivity index (χ0) is 34.3. The van der Waals surface area contributed by atoms with Crippen LogP contribution in [-0.2, 0) is 49.9 Å². The molecule has 0 bridgehead atoms. The highest BCUT2D eigenvalue weighted by Gasteiger charge is 2.44. The van der Waals surface area contributed by atoms with E-state index in [2.05, 4.69) is 24.3 Å². The smallest absolute Gasteiger partial charge is 0.182 e. The summed E-state index contributed by atoms with van der Waals surface area (Å²) in [5.74, 6) is 2.38. The largest absolute Gasteiger partial charge is 0.497 e. The van der Waals surface area contributed by atoms with E-state index in [1.165, 1.54) is 5.56 Å². The van der Waals surface area contributed by atoms with Gasteiger partial charge in [0.1, 0.15) is 35.6 Å². The molecule has 4 aromatic rings. The summed E-state index contributed by atoms with van der Waals surface area (Å²) in [6, 6.07) is 34.0. The predicted octanol–water partition coefficient (Wildman–Crippen LogP) is 7.72. The van der Waals surface area contributed by atoms with Crippen molar-refractivity contribution in [2.24, 2.45) is 0 Å². The van der Waals surface area contributed by atoms with Crippen molar-refractivity contribution in [3.8, 4) is 17.2 Å². The molecule has 4 atom stereocenters. The van der Waals surface area contributed by atoms with Gasteiger partial charge in [-0.15, -0.1) is 0 Å². The first-order valence-electron chi connectivity index (χ1n) is 16.8. The molecular formula is C41H48O8. The van der Waals surface area contributed by atoms with Gasteiger partial charge in [0.25, 0.3) is 0 Å². The van der Waals surface area contributed by atoms with Gasteiger partial charge < -0.3 is 37.9 Å². The van der Waals surface area contributed by atoms with Gasteiger partial charge in [-0.1, -0.05) is 72.8 Å². The first-order valence-corrected chi connectivity index (χ1v) is 16.8. The van der Waals surface area contributed by atoms with Crippen molar-refractivity contribution in [2.45, 2.75) is 64.2 Å². The Labute approximate surface area is 290 Å². The van der Waals surface area contributed by atoms with Crippen molar-refractivity contribution in [2.75, 3.05) is 34.5 Å². The SMILES string of the molecule is C/C=C1/C(OCc2ccc(OC)cc2)C(OCc2ccc(OC)cc2)C(COCc2ccc(OC)cc2)O[C@@H]1OCCCc1ccccc1. The van der Waals surface area contributed by atoms with Gasteiger partial charge >= 0.3 is 0 Å². The van der Waals surface area contributed by atoms with E-state index in [-0.39, 0.29) is 6.61 Å². The van der Waals surface area contributed by atoms with Crippen LogP contribution in [-0.4, -0.2) is 59.1 Å². The van der Waals surface area contributed by atoms with Crippen LogP contribution < -0.4 is 14.2 Å². The van der Waals surface area contributed by atoms with Gasteiger partial charge in [-0.2, -0.15) is 0 Å². The minimum atomic E-state index is -0.614. The first kappa shape index (κ1) is 36.1. The van der Waals surface area contributed by atoms with Crippen LogP contribution >= 0.6 is 0 Å². The summed E-state index contributed by atoms with van der Waals surface area (Å²) in [6.07, 6.45) is 1.78. The first-order chi connectivity index (χ1) is 24.1. The van der Waals surface area contributed by atoms with Crippen LogP contribution in [0.2, 0.25) is 0 Å². The van der Waals surface area contributed by atoms with Gasteiger partial charge in [-0.05, 0) is 78.4 Å². The standard InChI is InChI=1S/C41H48O8/c1-5-37-39(47-27-32-15-21-35(43-3)22-16-32)40(48-28-33-17-23-36(44-4)24-18-33)38(29-45-26-31-13-19-34(42-2)20-14-31)49-41(37)46-25-9-12-30-10-7-6-8-11-30/h5-8,10-11,13-24,38-41H,9,12,25-29H2,1-4H3/b37-5-/t38?,39?,40?,41-/m0/s1. The van der Waals surface area contributed by atoms with Gasteiger partial charge in [0.2, 0.25) is 0 Å². The molecule has 0 radical (unpaired) electrons. The second kappa shape index (κ2) is 19.1. The Kier molecular flexibility index (Phi) is 14.1. The van der Waals surface area contributed by atoms with E-state index in [0.29, 0.717) is 26.4 Å². The number of allylic oxidation sites excluding steroid dienone is 1. The molecule has 1 aliphatic rings.